The van der Waals surface area contributed by atoms with Gasteiger partial charge < -0.3 is 10.2 Å². The van der Waals surface area contributed by atoms with Gasteiger partial charge in [-0.05, 0) is 60.7 Å². The van der Waals surface area contributed by atoms with Crippen LogP contribution in [0.3, 0.4) is 0 Å². The third-order valence-electron chi connectivity index (χ3n) is 6.66. The van der Waals surface area contributed by atoms with Crippen LogP contribution in [0.1, 0.15) is 35.1 Å². The first-order valence-electron chi connectivity index (χ1n) is 12.9. The monoisotopic (exact) mass is 603 g/mol. The SMILES string of the molecule is CNC(=O)[C@@H](Cc1ccccc1)N(Cc1ccc(Cl)cc1Cl)C(=O)CCCN(c1cc(C)ccc1C)S(C)(=O)=O. The van der Waals surface area contributed by atoms with Gasteiger partial charge in [0.2, 0.25) is 21.8 Å². The van der Waals surface area contributed by atoms with Gasteiger partial charge in [-0.1, -0.05) is 71.7 Å². The van der Waals surface area contributed by atoms with Crippen LogP contribution in [0.5, 0.6) is 0 Å². The van der Waals surface area contributed by atoms with Gasteiger partial charge in [0.05, 0.1) is 11.9 Å². The number of sulfonamides is 1. The molecule has 0 aliphatic rings. The van der Waals surface area contributed by atoms with E-state index < -0.39 is 16.1 Å². The summed E-state index contributed by atoms with van der Waals surface area (Å²) in [7, 11) is -2.06. The maximum atomic E-state index is 13.8. The predicted molar refractivity (Wildman–Crippen MR) is 162 cm³/mol. The van der Waals surface area contributed by atoms with E-state index in [0.717, 1.165) is 22.9 Å². The third kappa shape index (κ3) is 8.46. The minimum Gasteiger partial charge on any atom is -0.357 e. The number of likely N-dealkylation sites (N-methyl/N-ethyl adjacent to an activating group) is 1. The molecule has 3 aromatic rings. The molecule has 10 heteroatoms. The molecule has 1 atom stereocenters. The van der Waals surface area contributed by atoms with Gasteiger partial charge in [-0.15, -0.1) is 0 Å². The van der Waals surface area contributed by atoms with E-state index in [4.69, 9.17) is 23.2 Å². The van der Waals surface area contributed by atoms with Gasteiger partial charge in [0.25, 0.3) is 0 Å². The van der Waals surface area contributed by atoms with Crippen LogP contribution >= 0.6 is 23.2 Å². The first-order valence-corrected chi connectivity index (χ1v) is 15.5. The summed E-state index contributed by atoms with van der Waals surface area (Å²) >= 11 is 12.5. The zero-order valence-electron chi connectivity index (χ0n) is 23.2. The molecule has 0 aliphatic heterocycles. The fourth-order valence-corrected chi connectivity index (χ4v) is 6.01. The highest BCUT2D eigenvalue weighted by atomic mass is 35.5. The Kier molecular flexibility index (Phi) is 11.0. The Bertz CT molecular complexity index is 1450. The largest absolute Gasteiger partial charge is 0.357 e. The molecule has 0 spiro atoms. The summed E-state index contributed by atoms with van der Waals surface area (Å²) in [5.41, 5.74) is 3.89. The zero-order chi connectivity index (χ0) is 29.4. The Morgan fingerprint density at radius 3 is 2.30 bits per heavy atom. The number of nitrogens with one attached hydrogen (secondary N) is 1. The van der Waals surface area contributed by atoms with E-state index in [0.29, 0.717) is 27.7 Å². The van der Waals surface area contributed by atoms with Crippen LogP contribution < -0.4 is 9.62 Å². The van der Waals surface area contributed by atoms with Crippen molar-refractivity contribution in [2.24, 2.45) is 0 Å². The molecule has 0 radical (unpaired) electrons. The highest BCUT2D eigenvalue weighted by molar-refractivity contribution is 7.92. The van der Waals surface area contributed by atoms with Gasteiger partial charge in [0.1, 0.15) is 6.04 Å². The quantitative estimate of drug-likeness (QED) is 0.294. The lowest BCUT2D eigenvalue weighted by Crippen LogP contribution is -2.49. The number of carbonyl (C=O) groups excluding carboxylic acids is 2. The summed E-state index contributed by atoms with van der Waals surface area (Å²) in [5, 5.41) is 3.53. The molecule has 0 aliphatic carbocycles. The van der Waals surface area contributed by atoms with Crippen molar-refractivity contribution < 1.29 is 18.0 Å². The molecule has 3 rings (SSSR count). The van der Waals surface area contributed by atoms with Gasteiger partial charge in [-0.25, -0.2) is 8.42 Å². The van der Waals surface area contributed by atoms with E-state index in [-0.39, 0.29) is 37.7 Å². The maximum absolute atomic E-state index is 13.8. The summed E-state index contributed by atoms with van der Waals surface area (Å²) in [6.07, 6.45) is 1.75. The van der Waals surface area contributed by atoms with Crippen molar-refractivity contribution in [3.63, 3.8) is 0 Å². The Morgan fingerprint density at radius 2 is 1.68 bits per heavy atom. The van der Waals surface area contributed by atoms with Crippen molar-refractivity contribution in [3.8, 4) is 0 Å². The summed E-state index contributed by atoms with van der Waals surface area (Å²) in [5.74, 6) is -0.597. The second kappa shape index (κ2) is 14.0. The maximum Gasteiger partial charge on any atom is 0.242 e. The number of anilines is 1. The normalized spacial score (nSPS) is 12.1. The average molecular weight is 605 g/mol. The molecule has 0 heterocycles. The number of halogens is 2. The smallest absolute Gasteiger partial charge is 0.242 e. The van der Waals surface area contributed by atoms with E-state index in [1.165, 1.54) is 16.3 Å². The van der Waals surface area contributed by atoms with Gasteiger partial charge in [0, 0.05) is 43.0 Å². The molecule has 0 fully saturated rings. The lowest BCUT2D eigenvalue weighted by molar-refractivity contribution is -0.141. The number of benzene rings is 3. The number of rotatable bonds is 12. The molecular weight excluding hydrogens is 569 g/mol. The Morgan fingerprint density at radius 1 is 0.975 bits per heavy atom. The van der Waals surface area contributed by atoms with Crippen LogP contribution in [0.2, 0.25) is 10.0 Å². The number of aryl methyl sites for hydroxylation is 2. The minimum absolute atomic E-state index is 0.0321. The minimum atomic E-state index is -3.59. The van der Waals surface area contributed by atoms with Crippen LogP contribution in [0.25, 0.3) is 0 Å². The van der Waals surface area contributed by atoms with Crippen LogP contribution in [0.15, 0.2) is 66.7 Å². The number of carbonyl (C=O) groups is 2. The van der Waals surface area contributed by atoms with Crippen LogP contribution in [-0.2, 0) is 32.6 Å². The number of nitrogens with zero attached hydrogens (tertiary/aromatic N) is 2. The molecule has 0 aromatic heterocycles. The van der Waals surface area contributed by atoms with Crippen molar-refractivity contribution in [1.82, 2.24) is 10.2 Å². The molecule has 1 N–H and O–H groups in total. The topological polar surface area (TPSA) is 86.8 Å². The molecule has 0 unspecified atom stereocenters. The lowest BCUT2D eigenvalue weighted by Gasteiger charge is -2.32. The standard InChI is InChI=1S/C30H35Cl2N3O4S/c1-21-12-13-22(2)27(17-21)35(40(4,38)39)16-8-11-29(36)34(20-24-14-15-25(31)19-26(24)32)28(30(37)33-3)18-23-9-6-5-7-10-23/h5-7,9-10,12-15,17,19,28H,8,11,16,18,20H2,1-4H3,(H,33,37)/t28-/m1/s1. The molecule has 40 heavy (non-hydrogen) atoms. The van der Waals surface area contributed by atoms with Gasteiger partial charge in [0.15, 0.2) is 0 Å². The second-order valence-corrected chi connectivity index (χ2v) is 12.6. The summed E-state index contributed by atoms with van der Waals surface area (Å²) in [6.45, 7) is 3.96. The third-order valence-corrected chi connectivity index (χ3v) is 8.43. The van der Waals surface area contributed by atoms with E-state index in [1.54, 1.807) is 18.2 Å². The molecule has 0 saturated heterocycles. The molecule has 7 nitrogen and oxygen atoms in total. The van der Waals surface area contributed by atoms with Crippen molar-refractivity contribution in [2.75, 3.05) is 24.2 Å². The van der Waals surface area contributed by atoms with Gasteiger partial charge in [-0.2, -0.15) is 0 Å². The van der Waals surface area contributed by atoms with Crippen molar-refractivity contribution in [1.29, 1.82) is 0 Å². The fourth-order valence-electron chi connectivity index (χ4n) is 4.52. The zero-order valence-corrected chi connectivity index (χ0v) is 25.5. The number of hydrogen-bond donors (Lipinski definition) is 1. The van der Waals surface area contributed by atoms with Crippen molar-refractivity contribution in [2.45, 2.75) is 45.7 Å². The first-order chi connectivity index (χ1) is 18.9. The first kappa shape index (κ1) is 31.5. The van der Waals surface area contributed by atoms with E-state index >= 15 is 0 Å². The van der Waals surface area contributed by atoms with E-state index in [1.807, 2.05) is 62.4 Å². The van der Waals surface area contributed by atoms with Gasteiger partial charge >= 0.3 is 0 Å². The Hall–Kier alpha value is -3.07. The molecule has 3 aromatic carbocycles. The lowest BCUT2D eigenvalue weighted by atomic mass is 10.0. The van der Waals surface area contributed by atoms with Crippen molar-refractivity contribution >= 4 is 50.7 Å². The van der Waals surface area contributed by atoms with Crippen LogP contribution in [-0.4, -0.2) is 51.0 Å². The molecule has 0 bridgehead atoms. The van der Waals surface area contributed by atoms with E-state index in [2.05, 4.69) is 5.32 Å². The van der Waals surface area contributed by atoms with Crippen molar-refractivity contribution in [3.05, 3.63) is 99.0 Å². The van der Waals surface area contributed by atoms with Crippen LogP contribution in [0, 0.1) is 13.8 Å². The molecule has 214 valence electrons. The second-order valence-electron chi connectivity index (χ2n) is 9.81. The Labute approximate surface area is 247 Å². The van der Waals surface area contributed by atoms with E-state index in [9.17, 15) is 18.0 Å². The molecular formula is C30H35Cl2N3O4S. The predicted octanol–water partition coefficient (Wildman–Crippen LogP) is 5.54. The molecule has 2 amide bonds. The fraction of sp³-hybridized carbons (Fsp3) is 0.333. The Balaban J connectivity index is 1.89. The highest BCUT2D eigenvalue weighted by Crippen LogP contribution is 2.26. The summed E-state index contributed by atoms with van der Waals surface area (Å²) in [6, 6.07) is 19.3. The van der Waals surface area contributed by atoms with Gasteiger partial charge in [-0.3, -0.25) is 13.9 Å². The number of amides is 2. The molecule has 0 saturated carbocycles. The van der Waals surface area contributed by atoms with Crippen LogP contribution in [0.4, 0.5) is 5.69 Å². The summed E-state index contributed by atoms with van der Waals surface area (Å²) in [4.78, 5) is 28.4. The number of hydrogen-bond acceptors (Lipinski definition) is 4. The summed E-state index contributed by atoms with van der Waals surface area (Å²) < 4.78 is 26.7. The highest BCUT2D eigenvalue weighted by Gasteiger charge is 2.30. The average Bonchev–Trinajstić information content (AvgIpc) is 2.90.